The lowest BCUT2D eigenvalue weighted by Crippen LogP contribution is -2.13. The van der Waals surface area contributed by atoms with Crippen molar-refractivity contribution in [3.63, 3.8) is 0 Å². The lowest BCUT2D eigenvalue weighted by molar-refractivity contribution is 0.0694. The van der Waals surface area contributed by atoms with Crippen molar-refractivity contribution < 1.29 is 27.4 Å². The number of rotatable bonds is 8. The first-order valence-electron chi connectivity index (χ1n) is 10.5. The van der Waals surface area contributed by atoms with Gasteiger partial charge in [0.2, 0.25) is 0 Å². The second kappa shape index (κ2) is 9.88. The highest BCUT2D eigenvalue weighted by Crippen LogP contribution is 2.31. The second-order valence-corrected chi connectivity index (χ2v) is 9.38. The summed E-state index contributed by atoms with van der Waals surface area (Å²) in [5, 5.41) is 17.1. The molecule has 0 saturated heterocycles. The number of halogens is 1. The molecule has 0 aliphatic rings. The van der Waals surface area contributed by atoms with E-state index in [0.29, 0.717) is 11.3 Å². The minimum absolute atomic E-state index is 0.00781. The zero-order valence-electron chi connectivity index (χ0n) is 18.6. The van der Waals surface area contributed by atoms with Crippen LogP contribution in [-0.4, -0.2) is 25.3 Å². The van der Waals surface area contributed by atoms with Crippen molar-refractivity contribution in [1.29, 1.82) is 5.41 Å². The average Bonchev–Trinajstić information content (AvgIpc) is 2.85. The number of ether oxygens (including phenoxy) is 1. The van der Waals surface area contributed by atoms with Gasteiger partial charge in [-0.1, -0.05) is 36.4 Å². The van der Waals surface area contributed by atoms with E-state index in [0.717, 1.165) is 41.5 Å². The zero-order valence-corrected chi connectivity index (χ0v) is 19.4. The molecule has 0 amide bonds. The number of anilines is 1. The smallest absolute Gasteiger partial charge is 0.339 e. The highest BCUT2D eigenvalue weighted by atomic mass is 32.2. The third kappa shape index (κ3) is 5.50. The largest absolute Gasteiger partial charge is 0.478 e. The lowest BCUT2D eigenvalue weighted by atomic mass is 10.0. The summed E-state index contributed by atoms with van der Waals surface area (Å²) in [4.78, 5) is 11.7. The predicted molar refractivity (Wildman–Crippen MR) is 134 cm³/mol. The van der Waals surface area contributed by atoms with E-state index in [1.165, 1.54) is 12.1 Å². The molecule has 4 aromatic rings. The Bertz CT molecular complexity index is 1540. The molecule has 0 spiro atoms. The number of benzene rings is 4. The number of nitrogens with two attached hydrogens (primary N) is 1. The topological polar surface area (TPSA) is 143 Å². The van der Waals surface area contributed by atoms with Crippen LogP contribution in [0, 0.1) is 11.2 Å². The molecule has 0 atom stereocenters. The molecule has 0 aliphatic carbocycles. The van der Waals surface area contributed by atoms with E-state index >= 15 is 0 Å². The number of hydrogen-bond donors (Lipinski definition) is 4. The maximum Gasteiger partial charge on any atom is 0.339 e. The van der Waals surface area contributed by atoms with Crippen molar-refractivity contribution in [3.05, 3.63) is 108 Å². The highest BCUT2D eigenvalue weighted by molar-refractivity contribution is 7.92. The van der Waals surface area contributed by atoms with Crippen LogP contribution in [0.3, 0.4) is 0 Å². The lowest BCUT2D eigenvalue weighted by Gasteiger charge is -2.13. The summed E-state index contributed by atoms with van der Waals surface area (Å²) in [5.41, 5.74) is 7.62. The molecule has 36 heavy (non-hydrogen) atoms. The van der Waals surface area contributed by atoms with E-state index in [4.69, 9.17) is 15.9 Å². The Morgan fingerprint density at radius 3 is 2.03 bits per heavy atom. The number of amidine groups is 1. The van der Waals surface area contributed by atoms with Gasteiger partial charge in [0.1, 0.15) is 28.7 Å². The van der Waals surface area contributed by atoms with Gasteiger partial charge >= 0.3 is 5.97 Å². The average molecular weight is 506 g/mol. The Morgan fingerprint density at radius 1 is 0.889 bits per heavy atom. The van der Waals surface area contributed by atoms with Crippen LogP contribution in [0.2, 0.25) is 0 Å². The Balaban J connectivity index is 1.53. The molecular formula is C26H20FN3O5S. The quantitative estimate of drug-likeness (QED) is 0.195. The first kappa shape index (κ1) is 24.4. The van der Waals surface area contributed by atoms with E-state index in [1.54, 1.807) is 36.4 Å². The summed E-state index contributed by atoms with van der Waals surface area (Å²) in [6, 6.07) is 22.2. The number of sulfonamides is 1. The van der Waals surface area contributed by atoms with Crippen LogP contribution in [0.25, 0.3) is 11.1 Å². The Labute approximate surface area is 206 Å². The van der Waals surface area contributed by atoms with E-state index in [1.807, 2.05) is 12.1 Å². The number of carboxylic acids is 1. The summed E-state index contributed by atoms with van der Waals surface area (Å²) < 4.78 is 46.2. The van der Waals surface area contributed by atoms with Gasteiger partial charge in [-0.3, -0.25) is 10.1 Å². The fraction of sp³-hybridized carbons (Fsp3) is 0. The molecule has 0 fully saturated rings. The zero-order chi connectivity index (χ0) is 25.9. The summed E-state index contributed by atoms with van der Waals surface area (Å²) in [6.45, 7) is 0. The van der Waals surface area contributed by atoms with E-state index in [2.05, 4.69) is 4.72 Å². The van der Waals surface area contributed by atoms with Gasteiger partial charge in [-0.15, -0.1) is 0 Å². The summed E-state index contributed by atoms with van der Waals surface area (Å²) in [7, 11) is -4.05. The molecule has 0 saturated carbocycles. The standard InChI is InChI=1S/C26H20FN3O5S/c27-19-7-12-22(13-8-19)36(33,34)30-20-9-14-24(23(15-20)26(31)32)35-21-10-5-17(6-11-21)16-1-3-18(4-2-16)25(28)29/h1-15,30H,(H3,28,29)(H,31,32). The maximum absolute atomic E-state index is 13.1. The molecule has 4 rings (SSSR count). The number of carbonyl (C=O) groups is 1. The van der Waals surface area contributed by atoms with Gasteiger partial charge in [0.25, 0.3) is 10.0 Å². The first-order valence-corrected chi connectivity index (χ1v) is 12.0. The normalized spacial score (nSPS) is 11.0. The van der Waals surface area contributed by atoms with Gasteiger partial charge in [0.05, 0.1) is 4.90 Å². The van der Waals surface area contributed by atoms with Gasteiger partial charge < -0.3 is 15.6 Å². The van der Waals surface area contributed by atoms with Gasteiger partial charge in [-0.25, -0.2) is 17.6 Å². The monoisotopic (exact) mass is 505 g/mol. The molecular weight excluding hydrogens is 485 g/mol. The van der Waals surface area contributed by atoms with Crippen molar-refractivity contribution in [2.45, 2.75) is 4.90 Å². The maximum atomic E-state index is 13.1. The number of carboxylic acid groups (broad SMARTS) is 1. The van der Waals surface area contributed by atoms with Crippen molar-refractivity contribution in [2.24, 2.45) is 5.73 Å². The van der Waals surface area contributed by atoms with Crippen LogP contribution < -0.4 is 15.2 Å². The fourth-order valence-electron chi connectivity index (χ4n) is 3.36. The van der Waals surface area contributed by atoms with Gasteiger partial charge in [0, 0.05) is 11.3 Å². The molecule has 0 aliphatic heterocycles. The Hall–Kier alpha value is -4.70. The number of nitrogens with one attached hydrogen (secondary N) is 2. The summed E-state index contributed by atoms with van der Waals surface area (Å²) in [6.07, 6.45) is 0. The van der Waals surface area contributed by atoms with E-state index < -0.39 is 21.8 Å². The molecule has 0 heterocycles. The van der Waals surface area contributed by atoms with Crippen molar-refractivity contribution in [1.82, 2.24) is 0 Å². The predicted octanol–water partition coefficient (Wildman–Crippen LogP) is 5.07. The van der Waals surface area contributed by atoms with Gasteiger partial charge in [0.15, 0.2) is 0 Å². The minimum atomic E-state index is -4.05. The molecule has 8 nitrogen and oxygen atoms in total. The van der Waals surface area contributed by atoms with Crippen molar-refractivity contribution >= 4 is 27.5 Å². The fourth-order valence-corrected chi connectivity index (χ4v) is 4.41. The van der Waals surface area contributed by atoms with Crippen molar-refractivity contribution in [2.75, 3.05) is 4.72 Å². The Kier molecular flexibility index (Phi) is 6.71. The number of aromatic carboxylic acids is 1. The summed E-state index contributed by atoms with van der Waals surface area (Å²) >= 11 is 0. The molecule has 0 radical (unpaired) electrons. The third-order valence-electron chi connectivity index (χ3n) is 5.20. The van der Waals surface area contributed by atoms with Gasteiger partial charge in [-0.2, -0.15) is 0 Å². The van der Waals surface area contributed by atoms with E-state index in [-0.39, 0.29) is 27.7 Å². The second-order valence-electron chi connectivity index (χ2n) is 7.69. The van der Waals surface area contributed by atoms with E-state index in [9.17, 15) is 22.7 Å². The first-order chi connectivity index (χ1) is 17.1. The van der Waals surface area contributed by atoms with Crippen LogP contribution >= 0.6 is 0 Å². The Morgan fingerprint density at radius 2 is 1.47 bits per heavy atom. The van der Waals surface area contributed by atoms with Crippen LogP contribution in [0.5, 0.6) is 11.5 Å². The molecule has 182 valence electrons. The van der Waals surface area contributed by atoms with Crippen LogP contribution in [0.1, 0.15) is 15.9 Å². The molecule has 0 bridgehead atoms. The summed E-state index contributed by atoms with van der Waals surface area (Å²) in [5.74, 6) is -1.52. The molecule has 4 aromatic carbocycles. The number of hydrogen-bond acceptors (Lipinski definition) is 5. The number of nitrogen functional groups attached to an aromatic ring is 1. The molecule has 5 N–H and O–H groups in total. The third-order valence-corrected chi connectivity index (χ3v) is 6.59. The van der Waals surface area contributed by atoms with Crippen LogP contribution in [0.4, 0.5) is 10.1 Å². The van der Waals surface area contributed by atoms with Crippen LogP contribution in [0.15, 0.2) is 95.9 Å². The van der Waals surface area contributed by atoms with Crippen LogP contribution in [-0.2, 0) is 10.0 Å². The van der Waals surface area contributed by atoms with Gasteiger partial charge in [-0.05, 0) is 65.7 Å². The molecule has 10 heteroatoms. The highest BCUT2D eigenvalue weighted by Gasteiger charge is 2.18. The SMILES string of the molecule is N=C(N)c1ccc(-c2ccc(Oc3ccc(NS(=O)(=O)c4ccc(F)cc4)cc3C(=O)O)cc2)cc1. The molecule has 0 aromatic heterocycles. The molecule has 0 unspecified atom stereocenters. The van der Waals surface area contributed by atoms with Crippen molar-refractivity contribution in [3.8, 4) is 22.6 Å². The minimum Gasteiger partial charge on any atom is -0.478 e.